The molecule has 0 bridgehead atoms. The first kappa shape index (κ1) is 19.1. The third-order valence-corrected chi connectivity index (χ3v) is 5.25. The van der Waals surface area contributed by atoms with Crippen LogP contribution >= 0.6 is 0 Å². The fraction of sp³-hybridized carbons (Fsp3) is 0.364. The second-order valence-electron chi connectivity index (χ2n) is 7.76. The number of aliphatic carboxylic acids is 1. The number of fused-ring (bicyclic) bond motifs is 1. The third-order valence-electron chi connectivity index (χ3n) is 5.25. The van der Waals surface area contributed by atoms with E-state index >= 15 is 0 Å². The molecule has 0 saturated carbocycles. The van der Waals surface area contributed by atoms with Gasteiger partial charge in [-0.05, 0) is 51.0 Å². The zero-order valence-corrected chi connectivity index (χ0v) is 16.7. The van der Waals surface area contributed by atoms with Crippen molar-refractivity contribution in [2.75, 3.05) is 23.3 Å². The molecule has 1 fully saturated rings. The molecule has 0 spiro atoms. The van der Waals surface area contributed by atoms with Crippen LogP contribution in [0.15, 0.2) is 42.9 Å². The summed E-state index contributed by atoms with van der Waals surface area (Å²) in [5.41, 5.74) is 1.84. The molecule has 3 aromatic rings. The Kier molecular flexibility index (Phi) is 5.29. The van der Waals surface area contributed by atoms with E-state index in [2.05, 4.69) is 34.0 Å². The molecular formula is C22H25N5O2. The molecule has 4 heterocycles. The highest BCUT2D eigenvalue weighted by Crippen LogP contribution is 2.32. The minimum atomic E-state index is -0.706. The number of nitrogens with one attached hydrogen (secondary N) is 1. The fourth-order valence-corrected chi connectivity index (χ4v) is 3.77. The molecule has 0 radical (unpaired) electrons. The molecule has 7 nitrogen and oxygen atoms in total. The summed E-state index contributed by atoms with van der Waals surface area (Å²) < 4.78 is 0. The summed E-state index contributed by atoms with van der Waals surface area (Å²) in [7, 11) is 0. The highest BCUT2D eigenvalue weighted by molar-refractivity contribution is 5.94. The maximum absolute atomic E-state index is 11.3. The van der Waals surface area contributed by atoms with Crippen molar-refractivity contribution in [3.05, 3.63) is 42.9 Å². The number of hydrogen-bond acceptors (Lipinski definition) is 6. The fourth-order valence-electron chi connectivity index (χ4n) is 3.77. The van der Waals surface area contributed by atoms with E-state index < -0.39 is 5.97 Å². The maximum atomic E-state index is 11.3. The zero-order valence-electron chi connectivity index (χ0n) is 16.7. The molecule has 0 aliphatic carbocycles. The number of hydrogen-bond donors (Lipinski definition) is 2. The van der Waals surface area contributed by atoms with Gasteiger partial charge < -0.3 is 15.3 Å². The van der Waals surface area contributed by atoms with Crippen molar-refractivity contribution in [1.29, 1.82) is 0 Å². The Morgan fingerprint density at radius 2 is 2.00 bits per heavy atom. The van der Waals surface area contributed by atoms with Crippen LogP contribution in [-0.2, 0) is 4.79 Å². The Labute approximate surface area is 169 Å². The number of rotatable bonds is 5. The van der Waals surface area contributed by atoms with E-state index in [-0.39, 0.29) is 12.0 Å². The Morgan fingerprint density at radius 1 is 1.21 bits per heavy atom. The van der Waals surface area contributed by atoms with Gasteiger partial charge in [-0.25, -0.2) is 9.97 Å². The van der Waals surface area contributed by atoms with Crippen LogP contribution in [0.3, 0.4) is 0 Å². The van der Waals surface area contributed by atoms with Crippen LogP contribution in [0.25, 0.3) is 22.0 Å². The summed E-state index contributed by atoms with van der Waals surface area (Å²) in [6.07, 6.45) is 6.67. The highest BCUT2D eigenvalue weighted by atomic mass is 16.4. The molecule has 0 unspecified atom stereocenters. The number of nitrogens with zero attached hydrogens (tertiary/aromatic N) is 4. The predicted octanol–water partition coefficient (Wildman–Crippen LogP) is 3.81. The molecule has 150 valence electrons. The lowest BCUT2D eigenvalue weighted by molar-refractivity contribution is -0.142. The summed E-state index contributed by atoms with van der Waals surface area (Å²) in [4.78, 5) is 27.1. The molecule has 1 aliphatic rings. The van der Waals surface area contributed by atoms with E-state index in [1.165, 1.54) is 0 Å². The van der Waals surface area contributed by atoms with E-state index in [0.29, 0.717) is 25.9 Å². The van der Waals surface area contributed by atoms with Gasteiger partial charge >= 0.3 is 5.97 Å². The number of piperidine rings is 1. The van der Waals surface area contributed by atoms with Gasteiger partial charge in [-0.3, -0.25) is 9.78 Å². The minimum absolute atomic E-state index is 0.271. The summed E-state index contributed by atoms with van der Waals surface area (Å²) in [5.74, 6) is 0.725. The lowest BCUT2D eigenvalue weighted by Gasteiger charge is -2.32. The molecule has 3 aromatic heterocycles. The SMILES string of the molecule is CC(C)Nc1cc(-c2cc3cnccc3c(N3CCC(C(=O)O)CC3)n2)ccn1. The molecule has 7 heteroatoms. The third kappa shape index (κ3) is 4.13. The van der Waals surface area contributed by atoms with Crippen molar-refractivity contribution in [2.45, 2.75) is 32.7 Å². The van der Waals surface area contributed by atoms with Crippen LogP contribution in [0.2, 0.25) is 0 Å². The highest BCUT2D eigenvalue weighted by Gasteiger charge is 2.26. The molecular weight excluding hydrogens is 366 g/mol. The summed E-state index contributed by atoms with van der Waals surface area (Å²) in [5, 5.41) is 14.7. The topological polar surface area (TPSA) is 91.2 Å². The maximum Gasteiger partial charge on any atom is 0.306 e. The quantitative estimate of drug-likeness (QED) is 0.683. The van der Waals surface area contributed by atoms with Gasteiger partial charge in [0.25, 0.3) is 0 Å². The molecule has 1 saturated heterocycles. The van der Waals surface area contributed by atoms with Gasteiger partial charge in [0.05, 0.1) is 11.6 Å². The molecule has 29 heavy (non-hydrogen) atoms. The Hall–Kier alpha value is -3.22. The minimum Gasteiger partial charge on any atom is -0.481 e. The van der Waals surface area contributed by atoms with Gasteiger partial charge in [-0.2, -0.15) is 0 Å². The van der Waals surface area contributed by atoms with Crippen molar-refractivity contribution >= 4 is 28.4 Å². The first-order valence-corrected chi connectivity index (χ1v) is 9.97. The van der Waals surface area contributed by atoms with Gasteiger partial charge in [0.15, 0.2) is 0 Å². The van der Waals surface area contributed by atoms with Gasteiger partial charge in [0.1, 0.15) is 11.6 Å². The number of carboxylic acid groups (broad SMARTS) is 1. The van der Waals surface area contributed by atoms with E-state index in [9.17, 15) is 9.90 Å². The standard InChI is InChI=1S/C22H25N5O2/c1-14(2)25-20-12-16(3-8-24-20)19-11-17-13-23-7-4-18(17)21(26-19)27-9-5-15(6-10-27)22(28)29/h3-4,7-8,11-15H,5-6,9-10H2,1-2H3,(H,24,25)(H,28,29). The molecule has 0 aromatic carbocycles. The number of anilines is 2. The second-order valence-corrected chi connectivity index (χ2v) is 7.76. The lowest BCUT2D eigenvalue weighted by atomic mass is 9.97. The van der Waals surface area contributed by atoms with Gasteiger partial charge in [-0.1, -0.05) is 0 Å². The van der Waals surface area contributed by atoms with Gasteiger partial charge in [0.2, 0.25) is 0 Å². The Balaban J connectivity index is 1.73. The monoisotopic (exact) mass is 391 g/mol. The molecule has 0 amide bonds. The average Bonchev–Trinajstić information content (AvgIpc) is 2.73. The molecule has 0 atom stereocenters. The van der Waals surface area contributed by atoms with E-state index in [4.69, 9.17) is 4.98 Å². The van der Waals surface area contributed by atoms with Crippen molar-refractivity contribution in [1.82, 2.24) is 15.0 Å². The van der Waals surface area contributed by atoms with Crippen molar-refractivity contribution in [3.8, 4) is 11.3 Å². The smallest absolute Gasteiger partial charge is 0.306 e. The van der Waals surface area contributed by atoms with Crippen molar-refractivity contribution < 1.29 is 9.90 Å². The van der Waals surface area contributed by atoms with E-state index in [0.717, 1.165) is 33.7 Å². The summed E-state index contributed by atoms with van der Waals surface area (Å²) >= 11 is 0. The Bertz CT molecular complexity index is 1030. The molecule has 2 N–H and O–H groups in total. The first-order valence-electron chi connectivity index (χ1n) is 9.97. The van der Waals surface area contributed by atoms with Crippen LogP contribution in [0.1, 0.15) is 26.7 Å². The molecule has 1 aliphatic heterocycles. The number of aromatic nitrogens is 3. The van der Waals surface area contributed by atoms with Crippen LogP contribution in [0.4, 0.5) is 11.6 Å². The van der Waals surface area contributed by atoms with E-state index in [1.807, 2.05) is 30.5 Å². The zero-order chi connectivity index (χ0) is 20.4. The normalized spacial score (nSPS) is 15.1. The van der Waals surface area contributed by atoms with Crippen LogP contribution in [-0.4, -0.2) is 45.2 Å². The van der Waals surface area contributed by atoms with E-state index in [1.54, 1.807) is 12.4 Å². The largest absolute Gasteiger partial charge is 0.481 e. The van der Waals surface area contributed by atoms with Crippen molar-refractivity contribution in [2.24, 2.45) is 5.92 Å². The summed E-state index contributed by atoms with van der Waals surface area (Å²) in [6, 6.07) is 8.27. The van der Waals surface area contributed by atoms with Gasteiger partial charge in [-0.15, -0.1) is 0 Å². The van der Waals surface area contributed by atoms with Gasteiger partial charge in [0, 0.05) is 54.1 Å². The molecule has 4 rings (SSSR count). The number of pyridine rings is 3. The number of carboxylic acids is 1. The lowest BCUT2D eigenvalue weighted by Crippen LogP contribution is -2.36. The first-order chi connectivity index (χ1) is 14.0. The summed E-state index contributed by atoms with van der Waals surface area (Å²) in [6.45, 7) is 5.52. The predicted molar refractivity (Wildman–Crippen MR) is 114 cm³/mol. The van der Waals surface area contributed by atoms with Crippen molar-refractivity contribution in [3.63, 3.8) is 0 Å². The Morgan fingerprint density at radius 3 is 2.72 bits per heavy atom. The van der Waals surface area contributed by atoms with Crippen LogP contribution in [0.5, 0.6) is 0 Å². The average molecular weight is 391 g/mol. The van der Waals surface area contributed by atoms with Crippen LogP contribution in [0, 0.1) is 5.92 Å². The number of carbonyl (C=O) groups is 1. The second kappa shape index (κ2) is 8.03. The van der Waals surface area contributed by atoms with Crippen LogP contribution < -0.4 is 10.2 Å².